The molecule has 0 aromatic carbocycles. The topological polar surface area (TPSA) is 58.1 Å². The van der Waals surface area contributed by atoms with Crippen molar-refractivity contribution in [3.05, 3.63) is 0 Å². The van der Waals surface area contributed by atoms with Gasteiger partial charge in [0.1, 0.15) is 0 Å². The first-order valence-corrected chi connectivity index (χ1v) is 9.44. The van der Waals surface area contributed by atoms with E-state index >= 15 is 0 Å². The van der Waals surface area contributed by atoms with Crippen LogP contribution in [0.25, 0.3) is 0 Å². The minimum absolute atomic E-state index is 0. The molecule has 1 atom stereocenters. The van der Waals surface area contributed by atoms with Crippen molar-refractivity contribution in [3.8, 4) is 0 Å². The zero-order valence-corrected chi connectivity index (χ0v) is 19.0. The normalized spacial score (nSPS) is 18.1. The molecule has 7 heteroatoms. The number of nitrogens with one attached hydrogen (secondary N) is 2. The number of hydrogen-bond donors (Lipinski definition) is 2. The summed E-state index contributed by atoms with van der Waals surface area (Å²) in [5.74, 6) is 0.863. The van der Waals surface area contributed by atoms with Crippen LogP contribution in [0.3, 0.4) is 0 Å². The fourth-order valence-corrected chi connectivity index (χ4v) is 3.01. The number of guanidine groups is 1. The molecule has 150 valence electrons. The summed E-state index contributed by atoms with van der Waals surface area (Å²) in [5.41, 5.74) is 0. The van der Waals surface area contributed by atoms with Crippen LogP contribution in [-0.2, 0) is 9.47 Å². The summed E-state index contributed by atoms with van der Waals surface area (Å²) >= 11 is 0. The molecule has 0 aromatic heterocycles. The molecule has 1 rings (SSSR count). The molecular formula is C18H39IN4O2. The zero-order valence-electron chi connectivity index (χ0n) is 16.7. The second-order valence-electron chi connectivity index (χ2n) is 6.91. The number of aliphatic imine (C=N–C) groups is 1. The second-order valence-corrected chi connectivity index (χ2v) is 6.91. The van der Waals surface area contributed by atoms with E-state index in [0.29, 0.717) is 18.2 Å². The van der Waals surface area contributed by atoms with E-state index in [-0.39, 0.29) is 24.0 Å². The van der Waals surface area contributed by atoms with Crippen LogP contribution in [0.15, 0.2) is 4.99 Å². The van der Waals surface area contributed by atoms with Crippen LogP contribution in [-0.4, -0.2) is 75.5 Å². The first-order chi connectivity index (χ1) is 11.5. The highest BCUT2D eigenvalue weighted by atomic mass is 127. The molecule has 0 bridgehead atoms. The van der Waals surface area contributed by atoms with Gasteiger partial charge in [0.2, 0.25) is 0 Å². The standard InChI is InChI=1S/C18H38N4O2.HI/c1-15(2)22(16(3)4)11-10-21-18(19-5)20-9-7-12-23-14-17-8-6-13-24-17;/h15-17H,6-14H2,1-5H3,(H2,19,20,21);1H. The monoisotopic (exact) mass is 470 g/mol. The van der Waals surface area contributed by atoms with Crippen molar-refractivity contribution >= 4 is 29.9 Å². The van der Waals surface area contributed by atoms with Crippen molar-refractivity contribution < 1.29 is 9.47 Å². The van der Waals surface area contributed by atoms with Gasteiger partial charge >= 0.3 is 0 Å². The predicted molar refractivity (Wildman–Crippen MR) is 116 cm³/mol. The Labute approximate surface area is 171 Å². The fourth-order valence-electron chi connectivity index (χ4n) is 3.01. The molecule has 1 unspecified atom stereocenters. The smallest absolute Gasteiger partial charge is 0.191 e. The van der Waals surface area contributed by atoms with E-state index in [1.807, 2.05) is 7.05 Å². The average molecular weight is 470 g/mol. The summed E-state index contributed by atoms with van der Waals surface area (Å²) in [7, 11) is 1.81. The van der Waals surface area contributed by atoms with E-state index in [0.717, 1.165) is 58.3 Å². The van der Waals surface area contributed by atoms with Crippen LogP contribution >= 0.6 is 24.0 Å². The summed E-state index contributed by atoms with van der Waals surface area (Å²) in [5, 5.41) is 6.72. The maximum atomic E-state index is 5.67. The lowest BCUT2D eigenvalue weighted by molar-refractivity contribution is 0.0168. The fraction of sp³-hybridized carbons (Fsp3) is 0.944. The molecule has 25 heavy (non-hydrogen) atoms. The number of halogens is 1. The predicted octanol–water partition coefficient (Wildman–Crippen LogP) is 2.47. The van der Waals surface area contributed by atoms with E-state index in [1.54, 1.807) is 0 Å². The van der Waals surface area contributed by atoms with Gasteiger partial charge in [-0.3, -0.25) is 9.89 Å². The molecule has 2 N–H and O–H groups in total. The first kappa shape index (κ1) is 24.9. The molecule has 0 radical (unpaired) electrons. The van der Waals surface area contributed by atoms with Gasteiger partial charge in [-0.15, -0.1) is 24.0 Å². The Hall–Kier alpha value is -0.120. The summed E-state index contributed by atoms with van der Waals surface area (Å²) in [6, 6.07) is 1.12. The Kier molecular flexibility index (Phi) is 14.9. The van der Waals surface area contributed by atoms with Crippen LogP contribution in [0.4, 0.5) is 0 Å². The number of ether oxygens (including phenoxy) is 2. The van der Waals surface area contributed by atoms with Gasteiger partial charge in [-0.25, -0.2) is 0 Å². The largest absolute Gasteiger partial charge is 0.379 e. The van der Waals surface area contributed by atoms with Crippen LogP contribution in [0.5, 0.6) is 0 Å². The molecule has 0 amide bonds. The Morgan fingerprint density at radius 1 is 1.20 bits per heavy atom. The highest BCUT2D eigenvalue weighted by molar-refractivity contribution is 14.0. The maximum absolute atomic E-state index is 5.67. The minimum Gasteiger partial charge on any atom is -0.379 e. The third-order valence-electron chi connectivity index (χ3n) is 4.30. The second kappa shape index (κ2) is 15.0. The lowest BCUT2D eigenvalue weighted by atomic mass is 10.2. The summed E-state index contributed by atoms with van der Waals surface area (Å²) < 4.78 is 11.2. The highest BCUT2D eigenvalue weighted by Gasteiger charge is 2.15. The van der Waals surface area contributed by atoms with Crippen molar-refractivity contribution in [1.29, 1.82) is 0 Å². The summed E-state index contributed by atoms with van der Waals surface area (Å²) in [6.45, 7) is 14.1. The molecule has 1 aliphatic heterocycles. The van der Waals surface area contributed by atoms with Gasteiger partial charge in [0, 0.05) is 52.0 Å². The van der Waals surface area contributed by atoms with E-state index in [4.69, 9.17) is 9.47 Å². The Morgan fingerprint density at radius 3 is 2.44 bits per heavy atom. The first-order valence-electron chi connectivity index (χ1n) is 9.44. The van der Waals surface area contributed by atoms with Gasteiger partial charge in [0.15, 0.2) is 5.96 Å². The van der Waals surface area contributed by atoms with Crippen molar-refractivity contribution in [3.63, 3.8) is 0 Å². The molecule has 1 aliphatic rings. The average Bonchev–Trinajstić information content (AvgIpc) is 3.05. The third-order valence-corrected chi connectivity index (χ3v) is 4.30. The quantitative estimate of drug-likeness (QED) is 0.210. The molecule has 0 aromatic rings. The van der Waals surface area contributed by atoms with Crippen molar-refractivity contribution in [1.82, 2.24) is 15.5 Å². The molecule has 0 spiro atoms. The van der Waals surface area contributed by atoms with Gasteiger partial charge < -0.3 is 20.1 Å². The summed E-state index contributed by atoms with van der Waals surface area (Å²) in [6.07, 6.45) is 3.59. The molecule has 1 fully saturated rings. The third kappa shape index (κ3) is 11.2. The lowest BCUT2D eigenvalue weighted by Gasteiger charge is -2.30. The molecule has 1 heterocycles. The lowest BCUT2D eigenvalue weighted by Crippen LogP contribution is -2.45. The van der Waals surface area contributed by atoms with Crippen molar-refractivity contribution in [2.45, 2.75) is 65.1 Å². The van der Waals surface area contributed by atoms with Crippen molar-refractivity contribution in [2.75, 3.05) is 46.5 Å². The number of nitrogens with zero attached hydrogens (tertiary/aromatic N) is 2. The maximum Gasteiger partial charge on any atom is 0.191 e. The van der Waals surface area contributed by atoms with Gasteiger partial charge in [0.25, 0.3) is 0 Å². The van der Waals surface area contributed by atoms with Crippen LogP contribution in [0.2, 0.25) is 0 Å². The van der Waals surface area contributed by atoms with Crippen LogP contribution in [0.1, 0.15) is 47.0 Å². The molecule has 0 aliphatic carbocycles. The molecular weight excluding hydrogens is 431 g/mol. The van der Waals surface area contributed by atoms with Gasteiger partial charge in [-0.05, 0) is 47.0 Å². The van der Waals surface area contributed by atoms with E-state index < -0.39 is 0 Å². The van der Waals surface area contributed by atoms with Gasteiger partial charge in [-0.2, -0.15) is 0 Å². The van der Waals surface area contributed by atoms with E-state index in [9.17, 15) is 0 Å². The van der Waals surface area contributed by atoms with Gasteiger partial charge in [-0.1, -0.05) is 0 Å². The summed E-state index contributed by atoms with van der Waals surface area (Å²) in [4.78, 5) is 6.74. The Morgan fingerprint density at radius 2 is 1.88 bits per heavy atom. The van der Waals surface area contributed by atoms with Crippen LogP contribution in [0, 0.1) is 0 Å². The molecule has 0 saturated carbocycles. The Bertz CT molecular complexity index is 340. The van der Waals surface area contributed by atoms with Crippen LogP contribution < -0.4 is 10.6 Å². The number of hydrogen-bond acceptors (Lipinski definition) is 4. The zero-order chi connectivity index (χ0) is 17.8. The highest BCUT2D eigenvalue weighted by Crippen LogP contribution is 2.11. The Balaban J connectivity index is 0.00000576. The minimum atomic E-state index is 0. The SMILES string of the molecule is CN=C(NCCCOCC1CCCO1)NCCN(C(C)C)C(C)C.I. The number of rotatable bonds is 11. The van der Waals surface area contributed by atoms with Crippen molar-refractivity contribution in [2.24, 2.45) is 4.99 Å². The van der Waals surface area contributed by atoms with E-state index in [1.165, 1.54) is 6.42 Å². The molecule has 1 saturated heterocycles. The molecule has 6 nitrogen and oxygen atoms in total. The van der Waals surface area contributed by atoms with Gasteiger partial charge in [0.05, 0.1) is 12.7 Å². The van der Waals surface area contributed by atoms with E-state index in [2.05, 4.69) is 48.2 Å².